The second kappa shape index (κ2) is 8.13. The first-order valence-electron chi connectivity index (χ1n) is 10.0. The number of hydrogen-bond donors (Lipinski definition) is 1. The Morgan fingerprint density at radius 1 is 1.07 bits per heavy atom. The van der Waals surface area contributed by atoms with E-state index in [2.05, 4.69) is 23.6 Å². The van der Waals surface area contributed by atoms with Crippen LogP contribution in [0.1, 0.15) is 49.4 Å². The van der Waals surface area contributed by atoms with Gasteiger partial charge in [-0.1, -0.05) is 49.1 Å². The smallest absolute Gasteiger partial charge is 0.119 e. The van der Waals surface area contributed by atoms with Crippen LogP contribution in [0.25, 0.3) is 11.0 Å². The zero-order valence-electron chi connectivity index (χ0n) is 16.0. The van der Waals surface area contributed by atoms with Crippen molar-refractivity contribution in [2.24, 2.45) is 0 Å². The van der Waals surface area contributed by atoms with Crippen molar-refractivity contribution in [3.63, 3.8) is 0 Å². The van der Waals surface area contributed by atoms with E-state index in [0.717, 1.165) is 22.6 Å². The van der Waals surface area contributed by atoms with Crippen LogP contribution in [0, 0.1) is 6.92 Å². The molecule has 4 heteroatoms. The maximum Gasteiger partial charge on any atom is 0.119 e. The Balaban J connectivity index is 1.51. The highest BCUT2D eigenvalue weighted by molar-refractivity contribution is 5.76. The molecule has 0 aliphatic heterocycles. The van der Waals surface area contributed by atoms with E-state index in [4.69, 9.17) is 9.72 Å². The molecule has 142 valence electrons. The van der Waals surface area contributed by atoms with Crippen molar-refractivity contribution in [3.8, 4) is 5.75 Å². The fraction of sp³-hybridized carbons (Fsp3) is 0.435. The number of rotatable bonds is 6. The standard InChI is InChI=1S/C23H28N2O2/c1-17-11-13-20(14-12-17)27-16-19(26)15-25-22-10-6-5-9-21(22)24-23(25)18-7-3-2-4-8-18/h5-6,9-14,18-19,26H,2-4,7-8,15-16H2,1H3. The average Bonchev–Trinajstić information content (AvgIpc) is 3.07. The number of para-hydroxylation sites is 2. The van der Waals surface area contributed by atoms with Gasteiger partial charge in [0.25, 0.3) is 0 Å². The minimum absolute atomic E-state index is 0.277. The molecule has 1 heterocycles. The first kappa shape index (κ1) is 18.1. The Kier molecular flexibility index (Phi) is 5.44. The van der Waals surface area contributed by atoms with Crippen LogP contribution in [0.2, 0.25) is 0 Å². The zero-order valence-corrected chi connectivity index (χ0v) is 16.0. The van der Waals surface area contributed by atoms with Crippen molar-refractivity contribution in [2.75, 3.05) is 6.61 Å². The van der Waals surface area contributed by atoms with Crippen LogP contribution in [-0.4, -0.2) is 27.4 Å². The third-order valence-electron chi connectivity index (χ3n) is 5.51. The van der Waals surface area contributed by atoms with Gasteiger partial charge >= 0.3 is 0 Å². The third kappa shape index (κ3) is 4.16. The molecule has 0 amide bonds. The van der Waals surface area contributed by atoms with Gasteiger partial charge < -0.3 is 14.4 Å². The van der Waals surface area contributed by atoms with E-state index in [1.54, 1.807) is 0 Å². The topological polar surface area (TPSA) is 47.3 Å². The fourth-order valence-electron chi connectivity index (χ4n) is 4.05. The number of imidazole rings is 1. The highest BCUT2D eigenvalue weighted by Crippen LogP contribution is 2.34. The lowest BCUT2D eigenvalue weighted by molar-refractivity contribution is 0.0922. The molecule has 3 aromatic rings. The third-order valence-corrected chi connectivity index (χ3v) is 5.51. The molecule has 1 aliphatic rings. The summed E-state index contributed by atoms with van der Waals surface area (Å²) in [5.41, 5.74) is 3.32. The summed E-state index contributed by atoms with van der Waals surface area (Å²) >= 11 is 0. The van der Waals surface area contributed by atoms with Gasteiger partial charge in [-0.3, -0.25) is 0 Å². The minimum Gasteiger partial charge on any atom is -0.491 e. The molecule has 0 radical (unpaired) electrons. The average molecular weight is 364 g/mol. The SMILES string of the molecule is Cc1ccc(OCC(O)Cn2c(C3CCCCC3)nc3ccccc32)cc1. The van der Waals surface area contributed by atoms with Crippen molar-refractivity contribution in [3.05, 3.63) is 59.9 Å². The van der Waals surface area contributed by atoms with Crippen molar-refractivity contribution in [1.82, 2.24) is 9.55 Å². The number of aryl methyl sites for hydroxylation is 1. The lowest BCUT2D eigenvalue weighted by Gasteiger charge is -2.23. The van der Waals surface area contributed by atoms with Crippen molar-refractivity contribution < 1.29 is 9.84 Å². The summed E-state index contributed by atoms with van der Waals surface area (Å²) < 4.78 is 8.00. The summed E-state index contributed by atoms with van der Waals surface area (Å²) in [7, 11) is 0. The molecule has 1 unspecified atom stereocenters. The fourth-order valence-corrected chi connectivity index (χ4v) is 4.05. The summed E-state index contributed by atoms with van der Waals surface area (Å²) in [6.45, 7) is 2.84. The molecular formula is C23H28N2O2. The molecule has 2 aromatic carbocycles. The van der Waals surface area contributed by atoms with Gasteiger partial charge in [-0.2, -0.15) is 0 Å². The molecule has 1 aliphatic carbocycles. The lowest BCUT2D eigenvalue weighted by atomic mass is 9.88. The quantitative estimate of drug-likeness (QED) is 0.681. The van der Waals surface area contributed by atoms with Crippen LogP contribution in [-0.2, 0) is 6.54 Å². The molecule has 1 atom stereocenters. The first-order chi connectivity index (χ1) is 13.2. The summed E-state index contributed by atoms with van der Waals surface area (Å²) in [6, 6.07) is 16.2. The van der Waals surface area contributed by atoms with Crippen molar-refractivity contribution >= 4 is 11.0 Å². The summed E-state index contributed by atoms with van der Waals surface area (Å²) in [6.07, 6.45) is 5.67. The molecular weight excluding hydrogens is 336 g/mol. The largest absolute Gasteiger partial charge is 0.491 e. The van der Waals surface area contributed by atoms with E-state index in [0.29, 0.717) is 12.5 Å². The monoisotopic (exact) mass is 364 g/mol. The Bertz CT molecular complexity index is 879. The Morgan fingerprint density at radius 2 is 1.81 bits per heavy atom. The predicted molar refractivity (Wildman–Crippen MR) is 108 cm³/mol. The first-order valence-corrected chi connectivity index (χ1v) is 10.0. The van der Waals surface area contributed by atoms with E-state index in [9.17, 15) is 5.11 Å². The molecule has 0 bridgehead atoms. The molecule has 4 rings (SSSR count). The van der Waals surface area contributed by atoms with Gasteiger partial charge in [0.2, 0.25) is 0 Å². The predicted octanol–water partition coefficient (Wildman–Crippen LogP) is 4.83. The minimum atomic E-state index is -0.578. The number of aromatic nitrogens is 2. The molecule has 0 spiro atoms. The Morgan fingerprint density at radius 3 is 2.59 bits per heavy atom. The molecule has 4 nitrogen and oxygen atoms in total. The highest BCUT2D eigenvalue weighted by atomic mass is 16.5. The van der Waals surface area contributed by atoms with Gasteiger partial charge in [0.05, 0.1) is 17.6 Å². The molecule has 0 saturated heterocycles. The molecule has 1 saturated carbocycles. The molecule has 1 aromatic heterocycles. The Labute approximate surface area is 160 Å². The number of nitrogens with zero attached hydrogens (tertiary/aromatic N) is 2. The van der Waals surface area contributed by atoms with E-state index >= 15 is 0 Å². The molecule has 27 heavy (non-hydrogen) atoms. The van der Waals surface area contributed by atoms with Gasteiger partial charge in [-0.25, -0.2) is 4.98 Å². The van der Waals surface area contributed by atoms with E-state index in [1.807, 2.05) is 36.4 Å². The maximum absolute atomic E-state index is 10.6. The maximum atomic E-state index is 10.6. The van der Waals surface area contributed by atoms with E-state index in [1.165, 1.54) is 37.7 Å². The zero-order chi connectivity index (χ0) is 18.6. The van der Waals surface area contributed by atoms with Gasteiger partial charge in [-0.15, -0.1) is 0 Å². The van der Waals surface area contributed by atoms with Crippen LogP contribution in [0.4, 0.5) is 0 Å². The lowest BCUT2D eigenvalue weighted by Crippen LogP contribution is -2.25. The number of aliphatic hydroxyl groups excluding tert-OH is 1. The molecule has 1 fully saturated rings. The number of hydrogen-bond acceptors (Lipinski definition) is 3. The Hall–Kier alpha value is -2.33. The second-order valence-corrected chi connectivity index (χ2v) is 7.68. The summed E-state index contributed by atoms with van der Waals surface area (Å²) in [4.78, 5) is 4.93. The van der Waals surface area contributed by atoms with Crippen LogP contribution < -0.4 is 4.74 Å². The van der Waals surface area contributed by atoms with Gasteiger partial charge in [0.15, 0.2) is 0 Å². The highest BCUT2D eigenvalue weighted by Gasteiger charge is 2.23. The van der Waals surface area contributed by atoms with Gasteiger partial charge in [-0.05, 0) is 44.0 Å². The van der Waals surface area contributed by atoms with Crippen LogP contribution in [0.3, 0.4) is 0 Å². The summed E-state index contributed by atoms with van der Waals surface area (Å²) in [5.74, 6) is 2.42. The van der Waals surface area contributed by atoms with Crippen LogP contribution in [0.5, 0.6) is 5.75 Å². The van der Waals surface area contributed by atoms with E-state index < -0.39 is 6.10 Å². The summed E-state index contributed by atoms with van der Waals surface area (Å²) in [5, 5.41) is 10.6. The molecule has 1 N–H and O–H groups in total. The van der Waals surface area contributed by atoms with E-state index in [-0.39, 0.29) is 6.61 Å². The van der Waals surface area contributed by atoms with Gasteiger partial charge in [0.1, 0.15) is 24.3 Å². The van der Waals surface area contributed by atoms with Crippen molar-refractivity contribution in [1.29, 1.82) is 0 Å². The van der Waals surface area contributed by atoms with Crippen LogP contribution >= 0.6 is 0 Å². The second-order valence-electron chi connectivity index (χ2n) is 7.68. The van der Waals surface area contributed by atoms with Gasteiger partial charge in [0, 0.05) is 5.92 Å². The number of fused-ring (bicyclic) bond motifs is 1. The van der Waals surface area contributed by atoms with Crippen LogP contribution in [0.15, 0.2) is 48.5 Å². The number of aliphatic hydroxyl groups is 1. The normalized spacial score (nSPS) is 16.5. The number of ether oxygens (including phenoxy) is 1. The number of benzene rings is 2. The van der Waals surface area contributed by atoms with Crippen molar-refractivity contribution in [2.45, 2.75) is 57.6 Å².